The molecule has 0 radical (unpaired) electrons. The molecule has 1 aromatic carbocycles. The molecule has 2 aromatic rings. The predicted molar refractivity (Wildman–Crippen MR) is 67.2 cm³/mol. The largest absolute Gasteiger partial charge is 0.478 e. The first-order chi connectivity index (χ1) is 8.43. The summed E-state index contributed by atoms with van der Waals surface area (Å²) in [5, 5.41) is 9.05. The minimum absolute atomic E-state index is 0.0110. The standard InChI is InChI=1S/C13H11ClFNO2/c1-7-6-9(13(17)18)8(2)16(7)11-5-3-4-10(14)12(11)15/h3-6H,1-2H3,(H,17,18). The van der Waals surface area contributed by atoms with Crippen LogP contribution < -0.4 is 0 Å². The normalized spacial score (nSPS) is 10.7. The van der Waals surface area contributed by atoms with Crippen LogP contribution in [-0.2, 0) is 0 Å². The molecule has 94 valence electrons. The smallest absolute Gasteiger partial charge is 0.337 e. The number of carbonyl (C=O) groups is 1. The van der Waals surface area contributed by atoms with E-state index in [1.54, 1.807) is 30.5 Å². The van der Waals surface area contributed by atoms with Crippen molar-refractivity contribution in [1.29, 1.82) is 0 Å². The van der Waals surface area contributed by atoms with Crippen LogP contribution in [0.4, 0.5) is 4.39 Å². The molecule has 2 rings (SSSR count). The summed E-state index contributed by atoms with van der Waals surface area (Å²) in [6.07, 6.45) is 0. The molecule has 0 fully saturated rings. The van der Waals surface area contributed by atoms with Gasteiger partial charge in [0, 0.05) is 11.4 Å². The fraction of sp³-hybridized carbons (Fsp3) is 0.154. The van der Waals surface area contributed by atoms with Crippen LogP contribution in [0.5, 0.6) is 0 Å². The van der Waals surface area contributed by atoms with Gasteiger partial charge >= 0.3 is 5.97 Å². The Morgan fingerprint density at radius 2 is 2.06 bits per heavy atom. The molecule has 0 aliphatic heterocycles. The molecular weight excluding hydrogens is 257 g/mol. The fourth-order valence-electron chi connectivity index (χ4n) is 2.02. The topological polar surface area (TPSA) is 42.2 Å². The SMILES string of the molecule is Cc1cc(C(=O)O)c(C)n1-c1cccc(Cl)c1F. The van der Waals surface area contributed by atoms with Crippen LogP contribution in [0.2, 0.25) is 5.02 Å². The maximum Gasteiger partial charge on any atom is 0.337 e. The average Bonchev–Trinajstić information content (AvgIpc) is 2.59. The molecule has 0 spiro atoms. The number of aryl methyl sites for hydroxylation is 1. The van der Waals surface area contributed by atoms with Gasteiger partial charge in [-0.25, -0.2) is 9.18 Å². The Kier molecular flexibility index (Phi) is 3.13. The Morgan fingerprint density at radius 3 is 2.61 bits per heavy atom. The Hall–Kier alpha value is -1.81. The van der Waals surface area contributed by atoms with Crippen LogP contribution in [0, 0.1) is 19.7 Å². The highest BCUT2D eigenvalue weighted by Crippen LogP contribution is 2.26. The summed E-state index contributed by atoms with van der Waals surface area (Å²) in [5.41, 5.74) is 1.53. The van der Waals surface area contributed by atoms with Crippen LogP contribution >= 0.6 is 11.6 Å². The zero-order valence-electron chi connectivity index (χ0n) is 9.87. The first-order valence-electron chi connectivity index (χ1n) is 5.30. The highest BCUT2D eigenvalue weighted by atomic mass is 35.5. The second-order valence-corrected chi connectivity index (χ2v) is 4.41. The number of rotatable bonds is 2. The highest BCUT2D eigenvalue weighted by molar-refractivity contribution is 6.30. The third-order valence-electron chi connectivity index (χ3n) is 2.83. The molecule has 1 N–H and O–H groups in total. The number of aromatic carboxylic acids is 1. The molecule has 18 heavy (non-hydrogen) atoms. The summed E-state index contributed by atoms with van der Waals surface area (Å²) in [5.74, 6) is -1.59. The summed E-state index contributed by atoms with van der Waals surface area (Å²) < 4.78 is 15.5. The lowest BCUT2D eigenvalue weighted by atomic mass is 10.2. The Balaban J connectivity index is 2.72. The number of benzene rings is 1. The van der Waals surface area contributed by atoms with Gasteiger partial charge in [0.1, 0.15) is 0 Å². The third-order valence-corrected chi connectivity index (χ3v) is 3.13. The number of carboxylic acids is 1. The summed E-state index contributed by atoms with van der Waals surface area (Å²) in [6.45, 7) is 3.36. The monoisotopic (exact) mass is 267 g/mol. The predicted octanol–water partition coefficient (Wildman–Crippen LogP) is 3.58. The van der Waals surface area contributed by atoms with Crippen LogP contribution in [0.3, 0.4) is 0 Å². The van der Waals surface area contributed by atoms with E-state index in [4.69, 9.17) is 16.7 Å². The van der Waals surface area contributed by atoms with E-state index in [-0.39, 0.29) is 16.3 Å². The number of aromatic nitrogens is 1. The number of hydrogen-bond donors (Lipinski definition) is 1. The quantitative estimate of drug-likeness (QED) is 0.904. The van der Waals surface area contributed by atoms with Crippen molar-refractivity contribution < 1.29 is 14.3 Å². The summed E-state index contributed by atoms with van der Waals surface area (Å²) >= 11 is 5.73. The lowest BCUT2D eigenvalue weighted by Crippen LogP contribution is -2.04. The molecule has 0 atom stereocenters. The zero-order valence-corrected chi connectivity index (χ0v) is 10.6. The van der Waals surface area contributed by atoms with Crippen molar-refractivity contribution in [3.05, 3.63) is 52.1 Å². The van der Waals surface area contributed by atoms with Crippen molar-refractivity contribution in [2.24, 2.45) is 0 Å². The second kappa shape index (κ2) is 4.46. The minimum Gasteiger partial charge on any atom is -0.478 e. The first kappa shape index (κ1) is 12.6. The van der Waals surface area contributed by atoms with Crippen LogP contribution in [0.1, 0.15) is 21.7 Å². The van der Waals surface area contributed by atoms with E-state index in [0.717, 1.165) is 0 Å². The number of carboxylic acid groups (broad SMARTS) is 1. The molecular formula is C13H11ClFNO2. The van der Waals surface area contributed by atoms with Crippen molar-refractivity contribution in [2.45, 2.75) is 13.8 Å². The minimum atomic E-state index is -1.03. The zero-order chi connectivity index (χ0) is 13.4. The highest BCUT2D eigenvalue weighted by Gasteiger charge is 2.18. The van der Waals surface area contributed by atoms with E-state index in [1.165, 1.54) is 12.1 Å². The number of nitrogens with zero attached hydrogens (tertiary/aromatic N) is 1. The molecule has 0 saturated heterocycles. The molecule has 1 aromatic heterocycles. The summed E-state index contributed by atoms with van der Waals surface area (Å²) in [7, 11) is 0. The lowest BCUT2D eigenvalue weighted by molar-refractivity contribution is 0.0696. The molecule has 0 bridgehead atoms. The molecule has 0 aliphatic rings. The van der Waals surface area contributed by atoms with E-state index in [0.29, 0.717) is 11.4 Å². The van der Waals surface area contributed by atoms with Crippen LogP contribution in [0.25, 0.3) is 5.69 Å². The molecule has 1 heterocycles. The van der Waals surface area contributed by atoms with Crippen molar-refractivity contribution in [2.75, 3.05) is 0 Å². The first-order valence-corrected chi connectivity index (χ1v) is 5.68. The lowest BCUT2D eigenvalue weighted by Gasteiger charge is -2.11. The van der Waals surface area contributed by atoms with Crippen LogP contribution in [0.15, 0.2) is 24.3 Å². The molecule has 0 amide bonds. The Morgan fingerprint density at radius 1 is 1.39 bits per heavy atom. The van der Waals surface area contributed by atoms with E-state index in [2.05, 4.69) is 0 Å². The van der Waals surface area contributed by atoms with Gasteiger partial charge in [0.05, 0.1) is 16.3 Å². The van der Waals surface area contributed by atoms with Crippen molar-refractivity contribution in [1.82, 2.24) is 4.57 Å². The van der Waals surface area contributed by atoms with Gasteiger partial charge < -0.3 is 9.67 Å². The van der Waals surface area contributed by atoms with Gasteiger partial charge in [0.25, 0.3) is 0 Å². The Labute approximate surface area is 108 Å². The van der Waals surface area contributed by atoms with Crippen LogP contribution in [-0.4, -0.2) is 15.6 Å². The van der Waals surface area contributed by atoms with E-state index in [9.17, 15) is 9.18 Å². The van der Waals surface area contributed by atoms with E-state index >= 15 is 0 Å². The van der Waals surface area contributed by atoms with E-state index < -0.39 is 11.8 Å². The van der Waals surface area contributed by atoms with E-state index in [1.807, 2.05) is 0 Å². The molecule has 0 aliphatic carbocycles. The van der Waals surface area contributed by atoms with Crippen molar-refractivity contribution in [3.63, 3.8) is 0 Å². The average molecular weight is 268 g/mol. The third kappa shape index (κ3) is 1.88. The van der Waals surface area contributed by atoms with Gasteiger partial charge in [-0.1, -0.05) is 17.7 Å². The molecule has 5 heteroatoms. The summed E-state index contributed by atoms with van der Waals surface area (Å²) in [6, 6.07) is 6.15. The van der Waals surface area contributed by atoms with Gasteiger partial charge in [-0.15, -0.1) is 0 Å². The molecule has 0 unspecified atom stereocenters. The van der Waals surface area contributed by atoms with Crippen molar-refractivity contribution in [3.8, 4) is 5.69 Å². The Bertz CT molecular complexity index is 634. The summed E-state index contributed by atoms with van der Waals surface area (Å²) in [4.78, 5) is 11.0. The van der Waals surface area contributed by atoms with Crippen molar-refractivity contribution >= 4 is 17.6 Å². The number of halogens is 2. The molecule has 3 nitrogen and oxygen atoms in total. The van der Waals surface area contributed by atoms with Gasteiger partial charge in [-0.3, -0.25) is 0 Å². The maximum absolute atomic E-state index is 14.0. The van der Waals surface area contributed by atoms with Gasteiger partial charge in [-0.05, 0) is 32.0 Å². The number of hydrogen-bond acceptors (Lipinski definition) is 1. The van der Waals surface area contributed by atoms with Gasteiger partial charge in [0.15, 0.2) is 5.82 Å². The molecule has 0 saturated carbocycles. The van der Waals surface area contributed by atoms with Gasteiger partial charge in [-0.2, -0.15) is 0 Å². The fourth-order valence-corrected chi connectivity index (χ4v) is 2.18. The second-order valence-electron chi connectivity index (χ2n) is 4.00. The van der Waals surface area contributed by atoms with Gasteiger partial charge in [0.2, 0.25) is 0 Å². The maximum atomic E-state index is 14.0.